The van der Waals surface area contributed by atoms with E-state index in [-0.39, 0.29) is 49.1 Å². The molecule has 42 heavy (non-hydrogen) atoms. The number of hydrogen-bond acceptors (Lipinski definition) is 5. The van der Waals surface area contributed by atoms with E-state index in [1.165, 1.54) is 18.9 Å². The molecule has 11 heteroatoms. The number of benzene rings is 2. The van der Waals surface area contributed by atoms with E-state index < -0.39 is 18.7 Å². The van der Waals surface area contributed by atoms with Crippen LogP contribution in [0.3, 0.4) is 0 Å². The molecule has 5 nitrogen and oxygen atoms in total. The zero-order valence-electron chi connectivity index (χ0n) is 23.5. The third-order valence-electron chi connectivity index (χ3n) is 8.66. The lowest BCUT2D eigenvalue weighted by atomic mass is 9.77. The summed E-state index contributed by atoms with van der Waals surface area (Å²) in [4.78, 5) is 13.5. The van der Waals surface area contributed by atoms with Gasteiger partial charge in [0.05, 0.1) is 12.5 Å². The number of amides is 1. The minimum absolute atomic E-state index is 0.0549. The molecule has 230 valence electrons. The van der Waals surface area contributed by atoms with E-state index in [1.54, 1.807) is 24.3 Å². The molecule has 0 spiro atoms. The van der Waals surface area contributed by atoms with Crippen LogP contribution in [0, 0.1) is 11.7 Å². The monoisotopic (exact) mass is 627 g/mol. The first-order valence-corrected chi connectivity index (χ1v) is 16.1. The van der Waals surface area contributed by atoms with Gasteiger partial charge in [-0.15, -0.1) is 0 Å². The van der Waals surface area contributed by atoms with Gasteiger partial charge in [-0.2, -0.15) is 13.2 Å². The van der Waals surface area contributed by atoms with Gasteiger partial charge in [0.25, 0.3) is 0 Å². The van der Waals surface area contributed by atoms with Crippen molar-refractivity contribution in [2.45, 2.75) is 81.6 Å². The Kier molecular flexibility index (Phi) is 10.7. The second kappa shape index (κ2) is 14.3. The lowest BCUT2D eigenvalue weighted by Gasteiger charge is -2.37. The summed E-state index contributed by atoms with van der Waals surface area (Å²) in [7, 11) is 0. The van der Waals surface area contributed by atoms with E-state index in [4.69, 9.17) is 16.3 Å². The Bertz CT molecular complexity index is 1200. The molecule has 2 aromatic carbocycles. The molecule has 2 bridgehead atoms. The van der Waals surface area contributed by atoms with Gasteiger partial charge in [-0.3, -0.25) is 4.79 Å². The Labute approximate surface area is 254 Å². The van der Waals surface area contributed by atoms with Crippen molar-refractivity contribution < 1.29 is 27.1 Å². The molecule has 0 saturated carbocycles. The quantitative estimate of drug-likeness (QED) is 0.225. The third kappa shape index (κ3) is 8.62. The number of ether oxygens (including phenoxy) is 1. The molecule has 5 rings (SSSR count). The molecule has 5 unspecified atom stereocenters. The number of carbonyl (C=O) groups is 1. The van der Waals surface area contributed by atoms with Crippen LogP contribution in [0.25, 0.3) is 0 Å². The number of carbonyl (C=O) groups excluding carboxylic acids is 1. The highest BCUT2D eigenvalue weighted by atomic mass is 35.5. The summed E-state index contributed by atoms with van der Waals surface area (Å²) in [5.41, 5.74) is 1.76. The van der Waals surface area contributed by atoms with Crippen molar-refractivity contribution in [2.24, 2.45) is 5.92 Å². The second-order valence-corrected chi connectivity index (χ2v) is 13.2. The largest absolute Gasteiger partial charge is 0.391 e. The first-order valence-electron chi connectivity index (χ1n) is 14.8. The topological polar surface area (TPSA) is 53.6 Å². The third-order valence-corrected chi connectivity index (χ3v) is 10.2. The number of rotatable bonds is 9. The van der Waals surface area contributed by atoms with Crippen LogP contribution in [0.15, 0.2) is 42.5 Å². The van der Waals surface area contributed by atoms with Crippen LogP contribution in [0.1, 0.15) is 62.0 Å². The highest BCUT2D eigenvalue weighted by Crippen LogP contribution is 2.40. The molecule has 0 aromatic heterocycles. The van der Waals surface area contributed by atoms with Crippen LogP contribution in [-0.4, -0.2) is 60.0 Å². The molecule has 2 aromatic rings. The first-order chi connectivity index (χ1) is 20.1. The minimum atomic E-state index is -4.32. The van der Waals surface area contributed by atoms with E-state index in [0.29, 0.717) is 35.2 Å². The van der Waals surface area contributed by atoms with Gasteiger partial charge in [-0.1, -0.05) is 41.7 Å². The number of alkyl halides is 3. The average molecular weight is 628 g/mol. The maximum Gasteiger partial charge on any atom is 0.391 e. The Balaban J connectivity index is 1.28. The molecule has 0 radical (unpaired) electrons. The van der Waals surface area contributed by atoms with E-state index in [9.17, 15) is 18.0 Å². The Hall–Kier alpha value is -1.85. The van der Waals surface area contributed by atoms with Crippen LogP contribution >= 0.6 is 23.5 Å². The lowest BCUT2D eigenvalue weighted by molar-refractivity contribution is -0.169. The zero-order chi connectivity index (χ0) is 29.7. The molecule has 1 amide bonds. The minimum Gasteiger partial charge on any atom is -0.378 e. The van der Waals surface area contributed by atoms with Gasteiger partial charge < -0.3 is 15.4 Å². The number of halogens is 5. The molecule has 3 aliphatic rings. The predicted molar refractivity (Wildman–Crippen MR) is 159 cm³/mol. The maximum absolute atomic E-state index is 15.1. The van der Waals surface area contributed by atoms with Crippen molar-refractivity contribution in [1.82, 2.24) is 9.62 Å². The van der Waals surface area contributed by atoms with Gasteiger partial charge in [-0.25, -0.2) is 8.70 Å². The standard InChI is InChI=1S/C31H38ClF4N3O2S/c32-22-8-6-20(7-9-22)27(21-12-13-41-25(15-21)17-31(34,35)36)16-30(40)38-29-5-1-4-28(33)26(29)11-10-24-18-37-23-3-2-14-42-39(24)19-23/h1,4-9,21,23-25,27,37H,2-3,10-19H2,(H,38,40)/t21?,23-,24?,25?,27?/m1/s1. The van der Waals surface area contributed by atoms with E-state index in [2.05, 4.69) is 14.9 Å². The van der Waals surface area contributed by atoms with Gasteiger partial charge in [0.2, 0.25) is 5.91 Å². The molecular weight excluding hydrogens is 590 g/mol. The van der Waals surface area contributed by atoms with E-state index >= 15 is 4.39 Å². The number of hydrogen-bond donors (Lipinski definition) is 2. The summed E-state index contributed by atoms with van der Waals surface area (Å²) in [6.45, 7) is 2.05. The summed E-state index contributed by atoms with van der Waals surface area (Å²) in [6, 6.07) is 12.6. The van der Waals surface area contributed by atoms with Gasteiger partial charge in [-0.05, 0) is 80.2 Å². The number of nitrogens with one attached hydrogen (secondary N) is 2. The number of nitrogens with zero attached hydrogens (tertiary/aromatic N) is 1. The average Bonchev–Trinajstić information content (AvgIpc) is 3.13. The smallest absolute Gasteiger partial charge is 0.378 e. The predicted octanol–water partition coefficient (Wildman–Crippen LogP) is 7.36. The molecule has 2 N–H and O–H groups in total. The van der Waals surface area contributed by atoms with Crippen LogP contribution in [0.2, 0.25) is 5.02 Å². The fourth-order valence-corrected chi connectivity index (χ4v) is 7.86. The van der Waals surface area contributed by atoms with E-state index in [0.717, 1.165) is 30.8 Å². The van der Waals surface area contributed by atoms with Crippen molar-refractivity contribution in [2.75, 3.05) is 30.8 Å². The van der Waals surface area contributed by atoms with Crippen molar-refractivity contribution in [3.63, 3.8) is 0 Å². The maximum atomic E-state index is 15.1. The van der Waals surface area contributed by atoms with Crippen LogP contribution in [-0.2, 0) is 16.0 Å². The van der Waals surface area contributed by atoms with Crippen molar-refractivity contribution >= 4 is 35.1 Å². The number of piperazine rings is 1. The molecule has 3 aliphatic heterocycles. The molecular formula is C31H38ClF4N3O2S. The first kappa shape index (κ1) is 31.6. The SMILES string of the molecule is O=C(CC(c1ccc(Cl)cc1)C1CCOC(CC(F)(F)F)C1)Nc1cccc(F)c1CCC1CN[C@@H]2CCCSN1C2. The summed E-state index contributed by atoms with van der Waals surface area (Å²) >= 11 is 7.97. The van der Waals surface area contributed by atoms with Gasteiger partial charge >= 0.3 is 6.18 Å². The summed E-state index contributed by atoms with van der Waals surface area (Å²) < 4.78 is 62.3. The Morgan fingerprint density at radius 1 is 1.19 bits per heavy atom. The van der Waals surface area contributed by atoms with E-state index in [1.807, 2.05) is 24.1 Å². The van der Waals surface area contributed by atoms with Crippen LogP contribution in [0.4, 0.5) is 23.2 Å². The van der Waals surface area contributed by atoms with Crippen molar-refractivity contribution in [3.05, 3.63) is 64.4 Å². The molecule has 3 saturated heterocycles. The molecule has 3 fully saturated rings. The normalized spacial score (nSPS) is 27.2. The zero-order valence-corrected chi connectivity index (χ0v) is 25.0. The summed E-state index contributed by atoms with van der Waals surface area (Å²) in [5.74, 6) is -0.0781. The summed E-state index contributed by atoms with van der Waals surface area (Å²) in [5, 5.41) is 7.11. The molecule has 3 heterocycles. The Morgan fingerprint density at radius 3 is 2.79 bits per heavy atom. The second-order valence-electron chi connectivity index (χ2n) is 11.6. The van der Waals surface area contributed by atoms with Gasteiger partial charge in [0, 0.05) is 60.2 Å². The Morgan fingerprint density at radius 2 is 2.00 bits per heavy atom. The lowest BCUT2D eigenvalue weighted by Crippen LogP contribution is -2.53. The highest BCUT2D eigenvalue weighted by molar-refractivity contribution is 7.97. The fraction of sp³-hybridized carbons (Fsp3) is 0.581. The van der Waals surface area contributed by atoms with Gasteiger partial charge in [0.1, 0.15) is 5.82 Å². The molecule has 0 aliphatic carbocycles. The fourth-order valence-electron chi connectivity index (χ4n) is 6.53. The van der Waals surface area contributed by atoms with Crippen molar-refractivity contribution in [1.29, 1.82) is 0 Å². The highest BCUT2D eigenvalue weighted by Gasteiger charge is 2.38. The van der Waals surface area contributed by atoms with Crippen molar-refractivity contribution in [3.8, 4) is 0 Å². The van der Waals surface area contributed by atoms with Crippen LogP contribution < -0.4 is 10.6 Å². The number of anilines is 1. The number of fused-ring (bicyclic) bond motifs is 2. The molecule has 6 atom stereocenters. The van der Waals surface area contributed by atoms with Gasteiger partial charge in [0.15, 0.2) is 0 Å². The summed E-state index contributed by atoms with van der Waals surface area (Å²) in [6.07, 6.45) is -1.87. The van der Waals surface area contributed by atoms with Crippen LogP contribution in [0.5, 0.6) is 0 Å².